The molecule has 0 aliphatic rings. The summed E-state index contributed by atoms with van der Waals surface area (Å²) in [5, 5.41) is 12.0. The molecule has 0 atom stereocenters. The number of carbonyl (C=O) groups is 1. The lowest BCUT2D eigenvalue weighted by molar-refractivity contribution is 0.0550. The number of carbonyl (C=O) groups excluding carboxylic acids is 1. The summed E-state index contributed by atoms with van der Waals surface area (Å²) in [7, 11) is 1.54. The van der Waals surface area contributed by atoms with E-state index in [1.165, 1.54) is 24.1 Å². The zero-order valence-corrected chi connectivity index (χ0v) is 10.2. The fraction of sp³-hybridized carbons (Fsp3) is 0.417. The van der Waals surface area contributed by atoms with Crippen molar-refractivity contribution < 1.29 is 14.3 Å². The molecule has 0 saturated heterocycles. The highest BCUT2D eigenvalue weighted by atomic mass is 19.1. The van der Waals surface area contributed by atoms with Gasteiger partial charge in [0.15, 0.2) is 0 Å². The van der Waals surface area contributed by atoms with Crippen LogP contribution in [0.5, 0.6) is 0 Å². The lowest BCUT2D eigenvalue weighted by Crippen LogP contribution is -2.41. The quantitative estimate of drug-likeness (QED) is 0.849. The predicted molar refractivity (Wildman–Crippen MR) is 64.3 cm³/mol. The lowest BCUT2D eigenvalue weighted by atomic mass is 10.1. The van der Waals surface area contributed by atoms with Crippen molar-refractivity contribution in [1.29, 1.82) is 0 Å². The first-order chi connectivity index (χ1) is 7.79. The number of hydrogen-bond acceptors (Lipinski definition) is 2. The summed E-state index contributed by atoms with van der Waals surface area (Å²) in [5.74, 6) is -0.488. The normalized spacial score (nSPS) is 11.1. The third kappa shape index (κ3) is 4.40. The molecule has 5 heteroatoms. The van der Waals surface area contributed by atoms with Crippen molar-refractivity contribution in [3.63, 3.8) is 0 Å². The standard InChI is InChI=1S/C12H17FN2O2/c1-12(2,17)8-15(3)11(16)14-10-7-5-4-6-9(10)13/h4-7,17H,8H2,1-3H3,(H,14,16). The highest BCUT2D eigenvalue weighted by molar-refractivity contribution is 5.89. The van der Waals surface area contributed by atoms with E-state index in [0.29, 0.717) is 0 Å². The van der Waals surface area contributed by atoms with E-state index >= 15 is 0 Å². The van der Waals surface area contributed by atoms with Gasteiger partial charge in [-0.1, -0.05) is 12.1 Å². The zero-order valence-electron chi connectivity index (χ0n) is 10.2. The van der Waals surface area contributed by atoms with Crippen LogP contribution in [0.25, 0.3) is 0 Å². The van der Waals surface area contributed by atoms with Gasteiger partial charge in [-0.15, -0.1) is 0 Å². The molecule has 0 unspecified atom stereocenters. The average molecular weight is 240 g/mol. The van der Waals surface area contributed by atoms with Crippen LogP contribution in [0.2, 0.25) is 0 Å². The van der Waals surface area contributed by atoms with E-state index in [9.17, 15) is 14.3 Å². The van der Waals surface area contributed by atoms with Crippen LogP contribution in [0.15, 0.2) is 24.3 Å². The molecule has 0 bridgehead atoms. The second-order valence-corrected chi connectivity index (χ2v) is 4.58. The second-order valence-electron chi connectivity index (χ2n) is 4.58. The van der Waals surface area contributed by atoms with E-state index in [-0.39, 0.29) is 12.2 Å². The largest absolute Gasteiger partial charge is 0.389 e. The minimum Gasteiger partial charge on any atom is -0.389 e. The maximum absolute atomic E-state index is 13.3. The Morgan fingerprint density at radius 1 is 1.47 bits per heavy atom. The first-order valence-electron chi connectivity index (χ1n) is 5.28. The van der Waals surface area contributed by atoms with Crippen LogP contribution in [0.4, 0.5) is 14.9 Å². The van der Waals surface area contributed by atoms with Crippen LogP contribution >= 0.6 is 0 Å². The number of para-hydroxylation sites is 1. The minimum absolute atomic E-state index is 0.125. The van der Waals surface area contributed by atoms with Crippen LogP contribution in [0.3, 0.4) is 0 Å². The molecule has 0 heterocycles. The summed E-state index contributed by atoms with van der Waals surface area (Å²) >= 11 is 0. The average Bonchev–Trinajstić information content (AvgIpc) is 2.18. The Morgan fingerprint density at radius 3 is 2.59 bits per heavy atom. The molecular weight excluding hydrogens is 223 g/mol. The number of aliphatic hydroxyl groups is 1. The van der Waals surface area contributed by atoms with E-state index in [1.807, 2.05) is 0 Å². The number of anilines is 1. The molecule has 94 valence electrons. The molecule has 17 heavy (non-hydrogen) atoms. The number of amides is 2. The predicted octanol–water partition coefficient (Wildman–Crippen LogP) is 2.06. The second kappa shape index (κ2) is 5.14. The van der Waals surface area contributed by atoms with Gasteiger partial charge in [0.05, 0.1) is 17.8 Å². The van der Waals surface area contributed by atoms with Gasteiger partial charge in [-0.3, -0.25) is 0 Å². The SMILES string of the molecule is CN(CC(C)(C)O)C(=O)Nc1ccccc1F. The van der Waals surface area contributed by atoms with Gasteiger partial charge in [-0.05, 0) is 26.0 Å². The maximum Gasteiger partial charge on any atom is 0.321 e. The number of rotatable bonds is 3. The van der Waals surface area contributed by atoms with Crippen molar-refractivity contribution >= 4 is 11.7 Å². The fourth-order valence-corrected chi connectivity index (χ4v) is 1.43. The fourth-order valence-electron chi connectivity index (χ4n) is 1.43. The van der Waals surface area contributed by atoms with Crippen molar-refractivity contribution in [2.24, 2.45) is 0 Å². The van der Waals surface area contributed by atoms with Crippen LogP contribution in [0, 0.1) is 5.82 Å². The molecule has 4 nitrogen and oxygen atoms in total. The Bertz CT molecular complexity index is 402. The molecule has 1 rings (SSSR count). The van der Waals surface area contributed by atoms with Gasteiger partial charge in [0.1, 0.15) is 5.82 Å². The Morgan fingerprint density at radius 2 is 2.06 bits per heavy atom. The van der Waals surface area contributed by atoms with Crippen LogP contribution in [-0.4, -0.2) is 35.2 Å². The van der Waals surface area contributed by atoms with Gasteiger partial charge < -0.3 is 15.3 Å². The highest BCUT2D eigenvalue weighted by Crippen LogP contribution is 2.13. The molecule has 0 aliphatic heterocycles. The molecule has 0 fully saturated rings. The number of urea groups is 1. The van der Waals surface area contributed by atoms with Gasteiger partial charge in [-0.2, -0.15) is 0 Å². The molecule has 2 amide bonds. The van der Waals surface area contributed by atoms with E-state index in [2.05, 4.69) is 5.32 Å². The maximum atomic E-state index is 13.3. The number of likely N-dealkylation sites (N-methyl/N-ethyl adjacent to an activating group) is 1. The number of hydrogen-bond donors (Lipinski definition) is 2. The molecule has 1 aromatic carbocycles. The summed E-state index contributed by atoms with van der Waals surface area (Å²) in [6, 6.07) is 5.47. The summed E-state index contributed by atoms with van der Waals surface area (Å²) < 4.78 is 13.3. The third-order valence-corrected chi connectivity index (χ3v) is 2.09. The van der Waals surface area contributed by atoms with Crippen molar-refractivity contribution in [3.05, 3.63) is 30.1 Å². The summed E-state index contributed by atoms with van der Waals surface area (Å²) in [5.41, 5.74) is -0.860. The van der Waals surface area contributed by atoms with Crippen LogP contribution in [-0.2, 0) is 0 Å². The molecule has 0 radical (unpaired) electrons. The molecule has 0 aromatic heterocycles. The smallest absolute Gasteiger partial charge is 0.321 e. The summed E-state index contributed by atoms with van der Waals surface area (Å²) in [6.45, 7) is 3.35. The zero-order chi connectivity index (χ0) is 13.1. The summed E-state index contributed by atoms with van der Waals surface area (Å²) in [6.07, 6.45) is 0. The Balaban J connectivity index is 2.64. The van der Waals surface area contributed by atoms with Crippen LogP contribution in [0.1, 0.15) is 13.8 Å². The third-order valence-electron chi connectivity index (χ3n) is 2.09. The van der Waals surface area contributed by atoms with Gasteiger partial charge in [0, 0.05) is 7.05 Å². The minimum atomic E-state index is -0.985. The number of nitrogens with one attached hydrogen (secondary N) is 1. The first kappa shape index (κ1) is 13.4. The molecule has 0 saturated carbocycles. The van der Waals surface area contributed by atoms with Crippen LogP contribution < -0.4 is 5.32 Å². The van der Waals surface area contributed by atoms with Crippen molar-refractivity contribution in [1.82, 2.24) is 4.90 Å². The number of benzene rings is 1. The first-order valence-corrected chi connectivity index (χ1v) is 5.28. The van der Waals surface area contributed by atoms with Gasteiger partial charge in [0.2, 0.25) is 0 Å². The van der Waals surface area contributed by atoms with E-state index in [1.54, 1.807) is 26.0 Å². The van der Waals surface area contributed by atoms with Crippen molar-refractivity contribution in [2.75, 3.05) is 18.9 Å². The Hall–Kier alpha value is -1.62. The molecule has 0 aliphatic carbocycles. The van der Waals surface area contributed by atoms with E-state index in [0.717, 1.165) is 0 Å². The molecular formula is C12H17FN2O2. The monoisotopic (exact) mass is 240 g/mol. The molecule has 0 spiro atoms. The number of halogens is 1. The van der Waals surface area contributed by atoms with Crippen molar-refractivity contribution in [2.45, 2.75) is 19.4 Å². The van der Waals surface area contributed by atoms with Gasteiger partial charge in [0.25, 0.3) is 0 Å². The van der Waals surface area contributed by atoms with E-state index < -0.39 is 17.4 Å². The number of nitrogens with zero attached hydrogens (tertiary/aromatic N) is 1. The Labute approximate surface area is 100 Å². The lowest BCUT2D eigenvalue weighted by Gasteiger charge is -2.25. The van der Waals surface area contributed by atoms with Gasteiger partial charge >= 0.3 is 6.03 Å². The topological polar surface area (TPSA) is 52.6 Å². The molecule has 1 aromatic rings. The highest BCUT2D eigenvalue weighted by Gasteiger charge is 2.19. The summed E-state index contributed by atoms with van der Waals surface area (Å²) in [4.78, 5) is 13.0. The Kier molecular flexibility index (Phi) is 4.07. The molecule has 2 N–H and O–H groups in total. The van der Waals surface area contributed by atoms with E-state index in [4.69, 9.17) is 0 Å². The van der Waals surface area contributed by atoms with Crippen molar-refractivity contribution in [3.8, 4) is 0 Å². The van der Waals surface area contributed by atoms with Gasteiger partial charge in [-0.25, -0.2) is 9.18 Å².